The van der Waals surface area contributed by atoms with E-state index in [4.69, 9.17) is 4.74 Å². The number of anilines is 1. The first-order valence-electron chi connectivity index (χ1n) is 11.5. The fourth-order valence-electron chi connectivity index (χ4n) is 4.66. The molecule has 0 N–H and O–H groups in total. The number of fused-ring (bicyclic) bond motifs is 1. The molecule has 4 rings (SSSR count). The second-order valence-corrected chi connectivity index (χ2v) is 9.12. The van der Waals surface area contributed by atoms with E-state index in [0.717, 1.165) is 30.1 Å². The van der Waals surface area contributed by atoms with Crippen LogP contribution < -0.4 is 9.64 Å². The fourth-order valence-corrected chi connectivity index (χ4v) is 4.66. The predicted molar refractivity (Wildman–Crippen MR) is 126 cm³/mol. The van der Waals surface area contributed by atoms with Crippen molar-refractivity contribution in [1.82, 2.24) is 9.80 Å². The van der Waals surface area contributed by atoms with Crippen LogP contribution in [0, 0.1) is 5.92 Å². The number of hydrogen-bond donors (Lipinski definition) is 0. The van der Waals surface area contributed by atoms with Crippen LogP contribution in [0.2, 0.25) is 0 Å². The van der Waals surface area contributed by atoms with Gasteiger partial charge in [0.1, 0.15) is 11.8 Å². The van der Waals surface area contributed by atoms with Crippen LogP contribution in [0.4, 0.5) is 5.69 Å². The molecule has 0 bridgehead atoms. The zero-order chi connectivity index (χ0) is 22.7. The van der Waals surface area contributed by atoms with Gasteiger partial charge < -0.3 is 19.4 Å². The molecule has 2 aromatic carbocycles. The number of carbonyl (C=O) groups is 2. The topological polar surface area (TPSA) is 53.1 Å². The van der Waals surface area contributed by atoms with Crippen LogP contribution >= 0.6 is 0 Å². The Morgan fingerprint density at radius 3 is 2.25 bits per heavy atom. The molecule has 0 spiro atoms. The summed E-state index contributed by atoms with van der Waals surface area (Å²) < 4.78 is 5.25. The summed E-state index contributed by atoms with van der Waals surface area (Å²) in [5.74, 6) is 1.26. The van der Waals surface area contributed by atoms with E-state index in [0.29, 0.717) is 32.5 Å². The molecule has 2 aliphatic heterocycles. The Balaban J connectivity index is 1.46. The molecule has 0 saturated carbocycles. The molecule has 0 radical (unpaired) electrons. The largest absolute Gasteiger partial charge is 0.497 e. The van der Waals surface area contributed by atoms with Gasteiger partial charge in [0.05, 0.1) is 7.11 Å². The molecule has 2 aliphatic rings. The smallest absolute Gasteiger partial charge is 0.245 e. The minimum atomic E-state index is -0.413. The van der Waals surface area contributed by atoms with Gasteiger partial charge in [0.15, 0.2) is 0 Å². The van der Waals surface area contributed by atoms with Gasteiger partial charge in [0.2, 0.25) is 11.8 Å². The number of amides is 2. The molecule has 6 heteroatoms. The van der Waals surface area contributed by atoms with Crippen LogP contribution in [0.1, 0.15) is 31.4 Å². The maximum Gasteiger partial charge on any atom is 0.245 e. The van der Waals surface area contributed by atoms with E-state index in [1.54, 1.807) is 7.11 Å². The Bertz CT molecular complexity index is 949. The molecule has 1 fully saturated rings. The molecule has 170 valence electrons. The number of nitrogens with zero attached hydrogens (tertiary/aromatic N) is 3. The van der Waals surface area contributed by atoms with E-state index in [-0.39, 0.29) is 17.7 Å². The minimum absolute atomic E-state index is 0.0738. The van der Waals surface area contributed by atoms with Crippen molar-refractivity contribution in [3.8, 4) is 5.75 Å². The first-order valence-corrected chi connectivity index (χ1v) is 11.5. The van der Waals surface area contributed by atoms with Crippen LogP contribution in [0.25, 0.3) is 0 Å². The third kappa shape index (κ3) is 4.74. The van der Waals surface area contributed by atoms with E-state index < -0.39 is 6.04 Å². The lowest BCUT2D eigenvalue weighted by Gasteiger charge is -2.42. The second kappa shape index (κ2) is 9.63. The van der Waals surface area contributed by atoms with Crippen molar-refractivity contribution < 1.29 is 14.3 Å². The van der Waals surface area contributed by atoms with Crippen molar-refractivity contribution in [2.24, 2.45) is 5.92 Å². The summed E-state index contributed by atoms with van der Waals surface area (Å²) in [4.78, 5) is 32.7. The van der Waals surface area contributed by atoms with E-state index in [1.165, 1.54) is 5.56 Å². The molecule has 2 amide bonds. The lowest BCUT2D eigenvalue weighted by molar-refractivity contribution is -0.147. The number of benzene rings is 2. The third-order valence-corrected chi connectivity index (χ3v) is 6.47. The predicted octanol–water partition coefficient (Wildman–Crippen LogP) is 3.34. The molecule has 2 heterocycles. The van der Waals surface area contributed by atoms with Crippen molar-refractivity contribution in [2.75, 3.05) is 38.2 Å². The quantitative estimate of drug-likeness (QED) is 0.723. The molecule has 2 aromatic rings. The Labute approximate surface area is 190 Å². The fraction of sp³-hybridized carbons (Fsp3) is 0.462. The lowest BCUT2D eigenvalue weighted by Crippen LogP contribution is -2.57. The van der Waals surface area contributed by atoms with Crippen molar-refractivity contribution in [1.29, 1.82) is 0 Å². The summed E-state index contributed by atoms with van der Waals surface area (Å²) in [7, 11) is 1.66. The van der Waals surface area contributed by atoms with Crippen molar-refractivity contribution >= 4 is 17.5 Å². The molecular formula is C26H33N3O3. The van der Waals surface area contributed by atoms with Crippen LogP contribution in [-0.2, 0) is 22.6 Å². The SMILES string of the molecule is COc1ccc(N2CCN(C(=O)C3Cc4ccccc4CN3C(=O)CC(C)C)CC2)cc1. The molecule has 1 atom stereocenters. The van der Waals surface area contributed by atoms with Gasteiger partial charge in [-0.25, -0.2) is 0 Å². The van der Waals surface area contributed by atoms with E-state index in [9.17, 15) is 9.59 Å². The normalized spacial score (nSPS) is 18.5. The summed E-state index contributed by atoms with van der Waals surface area (Å²) in [5, 5.41) is 0. The molecule has 0 aromatic heterocycles. The monoisotopic (exact) mass is 435 g/mol. The average Bonchev–Trinajstić information content (AvgIpc) is 2.82. The zero-order valence-electron chi connectivity index (χ0n) is 19.3. The van der Waals surface area contributed by atoms with Crippen LogP contribution in [0.3, 0.4) is 0 Å². The van der Waals surface area contributed by atoms with Gasteiger partial charge in [-0.05, 0) is 41.3 Å². The first kappa shape index (κ1) is 22.2. The Kier molecular flexibility index (Phi) is 6.68. The standard InChI is InChI=1S/C26H33N3O3/c1-19(2)16-25(30)29-18-21-7-5-4-6-20(21)17-24(29)26(31)28-14-12-27(13-15-28)22-8-10-23(32-3)11-9-22/h4-11,19,24H,12-18H2,1-3H3. The molecule has 1 unspecified atom stereocenters. The van der Waals surface area contributed by atoms with Crippen LogP contribution in [0.15, 0.2) is 48.5 Å². The summed E-state index contributed by atoms with van der Waals surface area (Å²) in [6.07, 6.45) is 1.06. The second-order valence-electron chi connectivity index (χ2n) is 9.12. The highest BCUT2D eigenvalue weighted by Gasteiger charge is 2.37. The molecule has 6 nitrogen and oxygen atoms in total. The maximum absolute atomic E-state index is 13.6. The molecule has 32 heavy (non-hydrogen) atoms. The van der Waals surface area contributed by atoms with Crippen LogP contribution in [-0.4, -0.2) is 60.9 Å². The summed E-state index contributed by atoms with van der Waals surface area (Å²) in [5.41, 5.74) is 3.47. The van der Waals surface area contributed by atoms with Gasteiger partial charge in [-0.15, -0.1) is 0 Å². The van der Waals surface area contributed by atoms with E-state index >= 15 is 0 Å². The number of ether oxygens (including phenoxy) is 1. The van der Waals surface area contributed by atoms with Gasteiger partial charge in [-0.3, -0.25) is 9.59 Å². The average molecular weight is 436 g/mol. The van der Waals surface area contributed by atoms with Crippen molar-refractivity contribution in [2.45, 2.75) is 39.3 Å². The molecule has 1 saturated heterocycles. The van der Waals surface area contributed by atoms with Gasteiger partial charge >= 0.3 is 0 Å². The minimum Gasteiger partial charge on any atom is -0.497 e. The number of methoxy groups -OCH3 is 1. The Morgan fingerprint density at radius 1 is 0.969 bits per heavy atom. The molecule has 0 aliphatic carbocycles. The van der Waals surface area contributed by atoms with Gasteiger partial charge in [0, 0.05) is 51.3 Å². The summed E-state index contributed by atoms with van der Waals surface area (Å²) in [6, 6.07) is 15.8. The Hall–Kier alpha value is -3.02. The number of hydrogen-bond acceptors (Lipinski definition) is 4. The van der Waals surface area contributed by atoms with E-state index in [2.05, 4.69) is 29.2 Å². The van der Waals surface area contributed by atoms with Crippen molar-refractivity contribution in [3.05, 3.63) is 59.7 Å². The number of piperazine rings is 1. The Morgan fingerprint density at radius 2 is 1.62 bits per heavy atom. The lowest BCUT2D eigenvalue weighted by atomic mass is 9.92. The number of rotatable bonds is 5. The first-order chi connectivity index (χ1) is 15.5. The van der Waals surface area contributed by atoms with E-state index in [1.807, 2.05) is 47.9 Å². The van der Waals surface area contributed by atoms with Crippen LogP contribution in [0.5, 0.6) is 5.75 Å². The van der Waals surface area contributed by atoms with Gasteiger partial charge in [-0.1, -0.05) is 38.1 Å². The number of carbonyl (C=O) groups excluding carboxylic acids is 2. The highest BCUT2D eigenvalue weighted by molar-refractivity contribution is 5.89. The molecular weight excluding hydrogens is 402 g/mol. The van der Waals surface area contributed by atoms with Gasteiger partial charge in [-0.2, -0.15) is 0 Å². The summed E-state index contributed by atoms with van der Waals surface area (Å²) in [6.45, 7) is 7.49. The third-order valence-electron chi connectivity index (χ3n) is 6.47. The highest BCUT2D eigenvalue weighted by atomic mass is 16.5. The summed E-state index contributed by atoms with van der Waals surface area (Å²) >= 11 is 0. The van der Waals surface area contributed by atoms with Crippen molar-refractivity contribution in [3.63, 3.8) is 0 Å². The van der Waals surface area contributed by atoms with Gasteiger partial charge in [0.25, 0.3) is 0 Å². The highest BCUT2D eigenvalue weighted by Crippen LogP contribution is 2.27. The zero-order valence-corrected chi connectivity index (χ0v) is 19.3. The maximum atomic E-state index is 13.6.